The molecule has 204 valence electrons. The molecular formula is C30H27N3O7. The maximum absolute atomic E-state index is 13.3. The third-order valence-electron chi connectivity index (χ3n) is 6.03. The Morgan fingerprint density at radius 2 is 1.80 bits per heavy atom. The molecule has 0 radical (unpaired) electrons. The van der Waals surface area contributed by atoms with Crippen LogP contribution in [0.25, 0.3) is 6.08 Å². The molecular weight excluding hydrogens is 514 g/mol. The molecule has 1 aliphatic heterocycles. The molecule has 3 aromatic rings. The van der Waals surface area contributed by atoms with Gasteiger partial charge >= 0.3 is 6.03 Å². The molecule has 1 saturated heterocycles. The number of hydrogen-bond donors (Lipinski definition) is 1. The van der Waals surface area contributed by atoms with Gasteiger partial charge < -0.3 is 9.47 Å². The van der Waals surface area contributed by atoms with Crippen LogP contribution in [-0.2, 0) is 22.6 Å². The molecule has 1 fully saturated rings. The summed E-state index contributed by atoms with van der Waals surface area (Å²) in [5, 5.41) is 13.3. The van der Waals surface area contributed by atoms with Gasteiger partial charge in [-0.05, 0) is 55.7 Å². The number of urea groups is 1. The van der Waals surface area contributed by atoms with Crippen molar-refractivity contribution >= 4 is 35.3 Å². The topological polar surface area (TPSA) is 128 Å². The largest absolute Gasteiger partial charge is 0.490 e. The van der Waals surface area contributed by atoms with E-state index in [1.807, 2.05) is 38.1 Å². The number of benzene rings is 3. The van der Waals surface area contributed by atoms with E-state index in [4.69, 9.17) is 9.47 Å². The SMILES string of the molecule is C=CCc1cc(/C=C2\C(=O)NC(=O)N(c3cccc([N+](=O)[O-])c3)C2=O)cc(OCC)c1OCc1ccc(C)cc1. The van der Waals surface area contributed by atoms with E-state index < -0.39 is 22.8 Å². The zero-order chi connectivity index (χ0) is 28.8. The van der Waals surface area contributed by atoms with Crippen LogP contribution >= 0.6 is 0 Å². The summed E-state index contributed by atoms with van der Waals surface area (Å²) in [7, 11) is 0. The fraction of sp³-hybridized carbons (Fsp3) is 0.167. The van der Waals surface area contributed by atoms with Gasteiger partial charge in [0.05, 0.1) is 17.2 Å². The highest BCUT2D eigenvalue weighted by Crippen LogP contribution is 2.36. The molecule has 0 atom stereocenters. The van der Waals surface area contributed by atoms with Gasteiger partial charge in [0.15, 0.2) is 11.5 Å². The first-order chi connectivity index (χ1) is 19.2. The van der Waals surface area contributed by atoms with E-state index in [2.05, 4.69) is 11.9 Å². The Bertz CT molecular complexity index is 1530. The van der Waals surface area contributed by atoms with Crippen LogP contribution < -0.4 is 19.7 Å². The van der Waals surface area contributed by atoms with Crippen LogP contribution in [0, 0.1) is 17.0 Å². The van der Waals surface area contributed by atoms with E-state index in [0.717, 1.165) is 22.8 Å². The number of nitrogens with zero attached hydrogens (tertiary/aromatic N) is 2. The number of carbonyl (C=O) groups excluding carboxylic acids is 3. The van der Waals surface area contributed by atoms with Crippen molar-refractivity contribution < 1.29 is 28.8 Å². The standard InChI is InChI=1S/C30H27N3O7/c1-4-7-22-14-21(16-26(39-5-2)27(22)40-18-20-12-10-19(3)11-13-20)15-25-28(34)31-30(36)32(29(25)35)23-8-6-9-24(17-23)33(37)38/h4,6,8-17H,1,5,7,18H2,2-3H3,(H,31,34,36)/b25-15+. The molecule has 40 heavy (non-hydrogen) atoms. The van der Waals surface area contributed by atoms with Crippen LogP contribution in [0.1, 0.15) is 29.2 Å². The zero-order valence-electron chi connectivity index (χ0n) is 22.0. The number of hydrogen-bond acceptors (Lipinski definition) is 7. The average molecular weight is 542 g/mol. The van der Waals surface area contributed by atoms with E-state index in [1.165, 1.54) is 24.3 Å². The number of carbonyl (C=O) groups is 3. The second-order valence-electron chi connectivity index (χ2n) is 8.94. The first-order valence-corrected chi connectivity index (χ1v) is 12.5. The van der Waals surface area contributed by atoms with Gasteiger partial charge in [0.2, 0.25) is 0 Å². The second kappa shape index (κ2) is 12.1. The quantitative estimate of drug-likeness (QED) is 0.122. The lowest BCUT2D eigenvalue weighted by molar-refractivity contribution is -0.384. The summed E-state index contributed by atoms with van der Waals surface area (Å²) < 4.78 is 12.0. The summed E-state index contributed by atoms with van der Waals surface area (Å²) in [5.41, 5.74) is 2.60. The van der Waals surface area contributed by atoms with E-state index in [0.29, 0.717) is 41.6 Å². The summed E-state index contributed by atoms with van der Waals surface area (Å²) in [6.07, 6.45) is 3.45. The molecule has 0 aromatic heterocycles. The number of nitro groups is 1. The number of aryl methyl sites for hydroxylation is 1. The Hall–Kier alpha value is -5.25. The van der Waals surface area contributed by atoms with Gasteiger partial charge in [-0.25, -0.2) is 9.69 Å². The van der Waals surface area contributed by atoms with Gasteiger partial charge in [0.25, 0.3) is 17.5 Å². The minimum absolute atomic E-state index is 0.0442. The monoisotopic (exact) mass is 541 g/mol. The van der Waals surface area contributed by atoms with Crippen molar-refractivity contribution in [1.82, 2.24) is 5.32 Å². The summed E-state index contributed by atoms with van der Waals surface area (Å²) in [6, 6.07) is 15.4. The molecule has 4 rings (SSSR count). The van der Waals surface area contributed by atoms with Crippen LogP contribution in [0.4, 0.5) is 16.2 Å². The lowest BCUT2D eigenvalue weighted by atomic mass is 10.0. The fourth-order valence-electron chi connectivity index (χ4n) is 4.14. The van der Waals surface area contributed by atoms with Gasteiger partial charge in [-0.2, -0.15) is 0 Å². The zero-order valence-corrected chi connectivity index (χ0v) is 22.0. The van der Waals surface area contributed by atoms with Crippen molar-refractivity contribution in [3.8, 4) is 11.5 Å². The van der Waals surface area contributed by atoms with E-state index in [9.17, 15) is 24.5 Å². The van der Waals surface area contributed by atoms with Crippen molar-refractivity contribution in [3.63, 3.8) is 0 Å². The Morgan fingerprint density at radius 3 is 2.48 bits per heavy atom. The lowest BCUT2D eigenvalue weighted by Gasteiger charge is -2.26. The number of rotatable bonds is 10. The fourth-order valence-corrected chi connectivity index (χ4v) is 4.14. The molecule has 0 saturated carbocycles. The number of nitro benzene ring substituents is 1. The van der Waals surface area contributed by atoms with Gasteiger partial charge in [-0.15, -0.1) is 6.58 Å². The summed E-state index contributed by atoms with van der Waals surface area (Å²) in [6.45, 7) is 8.28. The molecule has 0 aliphatic carbocycles. The van der Waals surface area contributed by atoms with Gasteiger partial charge in [0.1, 0.15) is 12.2 Å². The smallest absolute Gasteiger partial charge is 0.335 e. The molecule has 3 aromatic carbocycles. The number of amides is 4. The van der Waals surface area contributed by atoms with E-state index >= 15 is 0 Å². The number of non-ortho nitro benzene ring substituents is 1. The maximum atomic E-state index is 13.3. The predicted molar refractivity (Wildman–Crippen MR) is 149 cm³/mol. The molecule has 1 heterocycles. The van der Waals surface area contributed by atoms with Crippen LogP contribution in [0.2, 0.25) is 0 Å². The Labute approximate surface area is 230 Å². The minimum atomic E-state index is -1.00. The highest BCUT2D eigenvalue weighted by molar-refractivity contribution is 6.39. The predicted octanol–water partition coefficient (Wildman–Crippen LogP) is 5.28. The second-order valence-corrected chi connectivity index (χ2v) is 8.94. The molecule has 4 amide bonds. The number of allylic oxidation sites excluding steroid dienone is 1. The van der Waals surface area contributed by atoms with Crippen molar-refractivity contribution in [2.45, 2.75) is 26.9 Å². The van der Waals surface area contributed by atoms with Gasteiger partial charge in [0, 0.05) is 17.7 Å². The molecule has 10 heteroatoms. The molecule has 0 unspecified atom stereocenters. The van der Waals surface area contributed by atoms with E-state index in [1.54, 1.807) is 18.2 Å². The summed E-state index contributed by atoms with van der Waals surface area (Å²) >= 11 is 0. The third kappa shape index (κ3) is 6.07. The van der Waals surface area contributed by atoms with Gasteiger partial charge in [-0.3, -0.25) is 25.0 Å². The Kier molecular flexibility index (Phi) is 8.39. The van der Waals surface area contributed by atoms with Crippen molar-refractivity contribution in [3.05, 3.63) is 111 Å². The Balaban J connectivity index is 1.72. The summed E-state index contributed by atoms with van der Waals surface area (Å²) in [5.74, 6) is -0.884. The van der Waals surface area contributed by atoms with Crippen LogP contribution in [0.15, 0.2) is 78.9 Å². The number of barbiturate groups is 1. The van der Waals surface area contributed by atoms with Crippen molar-refractivity contribution in [1.29, 1.82) is 0 Å². The third-order valence-corrected chi connectivity index (χ3v) is 6.03. The molecule has 0 bridgehead atoms. The van der Waals surface area contributed by atoms with Crippen LogP contribution in [0.5, 0.6) is 11.5 Å². The molecule has 1 N–H and O–H groups in total. The highest BCUT2D eigenvalue weighted by Gasteiger charge is 2.37. The number of ether oxygens (including phenoxy) is 2. The molecule has 10 nitrogen and oxygen atoms in total. The molecule has 1 aliphatic rings. The normalized spacial score (nSPS) is 14.2. The van der Waals surface area contributed by atoms with Crippen LogP contribution in [0.3, 0.4) is 0 Å². The average Bonchev–Trinajstić information content (AvgIpc) is 2.92. The maximum Gasteiger partial charge on any atom is 0.335 e. The van der Waals surface area contributed by atoms with Crippen molar-refractivity contribution in [2.24, 2.45) is 0 Å². The van der Waals surface area contributed by atoms with Crippen LogP contribution in [-0.4, -0.2) is 29.4 Å². The Morgan fingerprint density at radius 1 is 1.05 bits per heavy atom. The van der Waals surface area contributed by atoms with E-state index in [-0.39, 0.29) is 16.9 Å². The number of anilines is 1. The molecule has 0 spiro atoms. The number of imide groups is 2. The van der Waals surface area contributed by atoms with Crippen molar-refractivity contribution in [2.75, 3.05) is 11.5 Å². The number of nitrogens with one attached hydrogen (secondary N) is 1. The van der Waals surface area contributed by atoms with Gasteiger partial charge in [-0.1, -0.05) is 42.0 Å². The summed E-state index contributed by atoms with van der Waals surface area (Å²) in [4.78, 5) is 49.9. The minimum Gasteiger partial charge on any atom is -0.490 e. The highest BCUT2D eigenvalue weighted by atomic mass is 16.6. The lowest BCUT2D eigenvalue weighted by Crippen LogP contribution is -2.54. The first kappa shape index (κ1) is 27.8. The first-order valence-electron chi connectivity index (χ1n) is 12.5.